The van der Waals surface area contributed by atoms with Crippen LogP contribution in [0.2, 0.25) is 5.02 Å². The van der Waals surface area contributed by atoms with Gasteiger partial charge in [-0.1, -0.05) is 11.6 Å². The number of carbonyl (C=O) groups is 1. The molecule has 8 heteroatoms. The molecule has 2 heterocycles. The molecular formula is C21H18ClN3O4. The lowest BCUT2D eigenvalue weighted by Gasteiger charge is -2.35. The standard InChI is InChI=1S/C21H18ClN3O4/c22-16-3-1-15(2-4-16)19-9-10-20(29-19)21(26)24-13-11-23(12-14-24)17-5-7-18(8-6-17)25(27)28/h1-10H,11-14H2. The average Bonchev–Trinajstić information content (AvgIpc) is 3.24. The number of benzene rings is 2. The Morgan fingerprint density at radius 2 is 1.59 bits per heavy atom. The van der Waals surface area contributed by atoms with Gasteiger partial charge in [0, 0.05) is 54.6 Å². The van der Waals surface area contributed by atoms with Gasteiger partial charge in [0.25, 0.3) is 11.6 Å². The van der Waals surface area contributed by atoms with Crippen LogP contribution >= 0.6 is 11.6 Å². The first-order valence-corrected chi connectivity index (χ1v) is 9.53. The Hall–Kier alpha value is -3.32. The summed E-state index contributed by atoms with van der Waals surface area (Å²) < 4.78 is 5.76. The highest BCUT2D eigenvalue weighted by Gasteiger charge is 2.25. The molecule has 1 aliphatic rings. The van der Waals surface area contributed by atoms with Gasteiger partial charge in [0.05, 0.1) is 4.92 Å². The maximum Gasteiger partial charge on any atom is 0.289 e. The first kappa shape index (κ1) is 19.0. The normalized spacial score (nSPS) is 14.1. The van der Waals surface area contributed by atoms with Crippen LogP contribution in [0.4, 0.5) is 11.4 Å². The molecule has 2 aromatic carbocycles. The van der Waals surface area contributed by atoms with Gasteiger partial charge in [-0.05, 0) is 48.5 Å². The monoisotopic (exact) mass is 411 g/mol. The van der Waals surface area contributed by atoms with E-state index < -0.39 is 4.92 Å². The van der Waals surface area contributed by atoms with E-state index in [9.17, 15) is 14.9 Å². The first-order chi connectivity index (χ1) is 14.0. The molecule has 0 aliphatic carbocycles. The summed E-state index contributed by atoms with van der Waals surface area (Å²) in [5.74, 6) is 0.779. The van der Waals surface area contributed by atoms with Crippen LogP contribution in [0, 0.1) is 10.1 Å². The van der Waals surface area contributed by atoms with Gasteiger partial charge in [-0.15, -0.1) is 0 Å². The van der Waals surface area contributed by atoms with Crippen molar-refractivity contribution in [3.63, 3.8) is 0 Å². The number of non-ortho nitro benzene ring substituents is 1. The summed E-state index contributed by atoms with van der Waals surface area (Å²) in [5.41, 5.74) is 1.83. The molecule has 0 spiro atoms. The molecule has 4 rings (SSSR count). The number of anilines is 1. The third-order valence-electron chi connectivity index (χ3n) is 4.94. The molecule has 148 valence electrons. The number of nitrogens with zero attached hydrogens (tertiary/aromatic N) is 3. The third-order valence-corrected chi connectivity index (χ3v) is 5.19. The van der Waals surface area contributed by atoms with Crippen molar-refractivity contribution in [3.05, 3.63) is 81.6 Å². The summed E-state index contributed by atoms with van der Waals surface area (Å²) in [6.07, 6.45) is 0. The molecule has 1 aliphatic heterocycles. The van der Waals surface area contributed by atoms with Crippen molar-refractivity contribution in [3.8, 4) is 11.3 Å². The predicted molar refractivity (Wildman–Crippen MR) is 110 cm³/mol. The second-order valence-corrected chi connectivity index (χ2v) is 7.16. The topological polar surface area (TPSA) is 79.8 Å². The number of nitro groups is 1. The minimum Gasteiger partial charge on any atom is -0.451 e. The molecule has 0 saturated carbocycles. The van der Waals surface area contributed by atoms with Crippen molar-refractivity contribution in [2.45, 2.75) is 0 Å². The Labute approximate surface area is 172 Å². The number of nitro benzene ring substituents is 1. The van der Waals surface area contributed by atoms with E-state index in [1.54, 1.807) is 41.3 Å². The summed E-state index contributed by atoms with van der Waals surface area (Å²) in [4.78, 5) is 27.0. The number of halogens is 1. The number of hydrogen-bond donors (Lipinski definition) is 0. The van der Waals surface area contributed by atoms with Crippen molar-refractivity contribution in [1.29, 1.82) is 0 Å². The Morgan fingerprint density at radius 1 is 0.931 bits per heavy atom. The first-order valence-electron chi connectivity index (χ1n) is 9.16. The molecule has 0 bridgehead atoms. The van der Waals surface area contributed by atoms with Gasteiger partial charge in [0.2, 0.25) is 0 Å². The average molecular weight is 412 g/mol. The van der Waals surface area contributed by atoms with Crippen LogP contribution in [0.3, 0.4) is 0 Å². The zero-order chi connectivity index (χ0) is 20.4. The summed E-state index contributed by atoms with van der Waals surface area (Å²) >= 11 is 5.91. The van der Waals surface area contributed by atoms with Crippen molar-refractivity contribution in [1.82, 2.24) is 4.90 Å². The molecule has 0 unspecified atom stereocenters. The summed E-state index contributed by atoms with van der Waals surface area (Å²) in [5, 5.41) is 11.4. The van der Waals surface area contributed by atoms with E-state index in [1.807, 2.05) is 12.1 Å². The zero-order valence-corrected chi connectivity index (χ0v) is 16.2. The molecular weight excluding hydrogens is 394 g/mol. The lowest BCUT2D eigenvalue weighted by molar-refractivity contribution is -0.384. The Kier molecular flexibility index (Phi) is 5.22. The quantitative estimate of drug-likeness (QED) is 0.467. The van der Waals surface area contributed by atoms with Crippen LogP contribution in [-0.4, -0.2) is 41.9 Å². The van der Waals surface area contributed by atoms with Gasteiger partial charge in [0.15, 0.2) is 5.76 Å². The SMILES string of the molecule is O=C(c1ccc(-c2ccc(Cl)cc2)o1)N1CCN(c2ccc([N+](=O)[O-])cc2)CC1. The van der Waals surface area contributed by atoms with Crippen molar-refractivity contribution in [2.75, 3.05) is 31.1 Å². The molecule has 1 fully saturated rings. The lowest BCUT2D eigenvalue weighted by atomic mass is 10.2. The molecule has 0 N–H and O–H groups in total. The van der Waals surface area contributed by atoms with E-state index in [4.69, 9.17) is 16.0 Å². The van der Waals surface area contributed by atoms with Gasteiger partial charge in [-0.2, -0.15) is 0 Å². The van der Waals surface area contributed by atoms with Crippen LogP contribution < -0.4 is 4.90 Å². The molecule has 1 aromatic heterocycles. The van der Waals surface area contributed by atoms with Gasteiger partial charge in [-0.25, -0.2) is 0 Å². The Morgan fingerprint density at radius 3 is 2.21 bits per heavy atom. The zero-order valence-electron chi connectivity index (χ0n) is 15.5. The van der Waals surface area contributed by atoms with Gasteiger partial charge < -0.3 is 14.2 Å². The Balaban J connectivity index is 1.39. The largest absolute Gasteiger partial charge is 0.451 e. The molecule has 0 radical (unpaired) electrons. The smallest absolute Gasteiger partial charge is 0.289 e. The van der Waals surface area contributed by atoms with E-state index in [1.165, 1.54) is 12.1 Å². The molecule has 3 aromatic rings. The highest BCUT2D eigenvalue weighted by molar-refractivity contribution is 6.30. The maximum absolute atomic E-state index is 12.8. The van der Waals surface area contributed by atoms with E-state index >= 15 is 0 Å². The number of carbonyl (C=O) groups excluding carboxylic acids is 1. The Bertz CT molecular complexity index is 1020. The van der Waals surface area contributed by atoms with Crippen LogP contribution in [0.5, 0.6) is 0 Å². The number of rotatable bonds is 4. The van der Waals surface area contributed by atoms with E-state index in [0.29, 0.717) is 42.7 Å². The number of furan rings is 1. The van der Waals surface area contributed by atoms with E-state index in [2.05, 4.69) is 4.90 Å². The van der Waals surface area contributed by atoms with Crippen LogP contribution in [-0.2, 0) is 0 Å². The molecule has 7 nitrogen and oxygen atoms in total. The third kappa shape index (κ3) is 4.09. The van der Waals surface area contributed by atoms with Crippen molar-refractivity contribution >= 4 is 28.9 Å². The summed E-state index contributed by atoms with van der Waals surface area (Å²) in [6.45, 7) is 2.39. The number of piperazine rings is 1. The molecule has 29 heavy (non-hydrogen) atoms. The maximum atomic E-state index is 12.8. The van der Waals surface area contributed by atoms with Crippen molar-refractivity contribution in [2.24, 2.45) is 0 Å². The molecule has 1 amide bonds. The second kappa shape index (κ2) is 7.97. The van der Waals surface area contributed by atoms with Gasteiger partial charge >= 0.3 is 0 Å². The lowest BCUT2D eigenvalue weighted by Crippen LogP contribution is -2.48. The van der Waals surface area contributed by atoms with Gasteiger partial charge in [-0.3, -0.25) is 14.9 Å². The number of amides is 1. The summed E-state index contributed by atoms with van der Waals surface area (Å²) in [7, 11) is 0. The number of hydrogen-bond acceptors (Lipinski definition) is 5. The van der Waals surface area contributed by atoms with Crippen LogP contribution in [0.1, 0.15) is 10.6 Å². The fraction of sp³-hybridized carbons (Fsp3) is 0.190. The highest BCUT2D eigenvalue weighted by Crippen LogP contribution is 2.25. The van der Waals surface area contributed by atoms with E-state index in [-0.39, 0.29) is 11.6 Å². The predicted octanol–water partition coefficient (Wildman–Crippen LogP) is 4.47. The minimum absolute atomic E-state index is 0.0666. The second-order valence-electron chi connectivity index (χ2n) is 6.72. The molecule has 0 atom stereocenters. The minimum atomic E-state index is -0.415. The summed E-state index contributed by atoms with van der Waals surface area (Å²) in [6, 6.07) is 17.2. The van der Waals surface area contributed by atoms with Gasteiger partial charge in [0.1, 0.15) is 5.76 Å². The van der Waals surface area contributed by atoms with Crippen LogP contribution in [0.25, 0.3) is 11.3 Å². The van der Waals surface area contributed by atoms with E-state index in [0.717, 1.165) is 11.3 Å². The van der Waals surface area contributed by atoms with Crippen molar-refractivity contribution < 1.29 is 14.1 Å². The highest BCUT2D eigenvalue weighted by atomic mass is 35.5. The van der Waals surface area contributed by atoms with Crippen LogP contribution in [0.15, 0.2) is 65.1 Å². The fourth-order valence-corrected chi connectivity index (χ4v) is 3.46. The fourth-order valence-electron chi connectivity index (χ4n) is 3.33. The molecule has 1 saturated heterocycles.